The lowest BCUT2D eigenvalue weighted by atomic mass is 10.1. The molecule has 0 aromatic heterocycles. The van der Waals surface area contributed by atoms with Gasteiger partial charge in [-0.15, -0.1) is 0 Å². The van der Waals surface area contributed by atoms with Gasteiger partial charge in [-0.05, 0) is 28.1 Å². The van der Waals surface area contributed by atoms with Crippen molar-refractivity contribution in [2.75, 3.05) is 23.4 Å². The smallest absolute Gasteiger partial charge is 0.337 e. The van der Waals surface area contributed by atoms with Crippen LogP contribution in [0.25, 0.3) is 0 Å². The third kappa shape index (κ3) is 4.70. The molecule has 1 aliphatic rings. The van der Waals surface area contributed by atoms with E-state index in [2.05, 4.69) is 42.5 Å². The number of halogens is 2. The molecular weight excluding hydrogens is 424 g/mol. The molecule has 2 rings (SSSR count). The maximum absolute atomic E-state index is 12.1. The van der Waals surface area contributed by atoms with Crippen LogP contribution in [0.15, 0.2) is 21.1 Å². The number of carbonyl (C=O) groups is 2. The van der Waals surface area contributed by atoms with Crippen LogP contribution in [0.3, 0.4) is 0 Å². The molecular formula is C13H14Br2N2O3S. The van der Waals surface area contributed by atoms with Crippen molar-refractivity contribution in [1.82, 2.24) is 5.32 Å². The van der Waals surface area contributed by atoms with E-state index in [1.54, 1.807) is 6.07 Å². The minimum absolute atomic E-state index is 0.0515. The summed E-state index contributed by atoms with van der Waals surface area (Å²) >= 11 is 8.35. The van der Waals surface area contributed by atoms with E-state index in [1.165, 1.54) is 6.07 Å². The van der Waals surface area contributed by atoms with Crippen molar-refractivity contribution in [1.29, 1.82) is 0 Å². The predicted molar refractivity (Wildman–Crippen MR) is 91.2 cm³/mol. The molecule has 114 valence electrons. The first-order chi connectivity index (χ1) is 9.97. The Labute approximate surface area is 143 Å². The van der Waals surface area contributed by atoms with E-state index >= 15 is 0 Å². The fourth-order valence-electron chi connectivity index (χ4n) is 2.03. The number of benzene rings is 1. The summed E-state index contributed by atoms with van der Waals surface area (Å²) in [4.78, 5) is 23.4. The predicted octanol–water partition coefficient (Wildman–Crippen LogP) is 2.94. The third-order valence-electron chi connectivity index (χ3n) is 2.98. The van der Waals surface area contributed by atoms with E-state index in [0.717, 1.165) is 18.1 Å². The van der Waals surface area contributed by atoms with Crippen LogP contribution in [0.4, 0.5) is 5.69 Å². The zero-order chi connectivity index (χ0) is 15.4. The molecule has 1 unspecified atom stereocenters. The van der Waals surface area contributed by atoms with Crippen LogP contribution in [-0.4, -0.2) is 41.1 Å². The summed E-state index contributed by atoms with van der Waals surface area (Å²) in [5.74, 6) is 0.666. The molecule has 1 aromatic carbocycles. The fourth-order valence-corrected chi connectivity index (χ4v) is 4.31. The van der Waals surface area contributed by atoms with Gasteiger partial charge < -0.3 is 15.7 Å². The summed E-state index contributed by atoms with van der Waals surface area (Å²) in [6.07, 6.45) is 0.328. The second kappa shape index (κ2) is 7.62. The van der Waals surface area contributed by atoms with E-state index in [1.807, 2.05) is 11.8 Å². The maximum atomic E-state index is 12.1. The van der Waals surface area contributed by atoms with Gasteiger partial charge in [-0.25, -0.2) is 4.79 Å². The van der Waals surface area contributed by atoms with Gasteiger partial charge >= 0.3 is 5.97 Å². The molecule has 21 heavy (non-hydrogen) atoms. The molecule has 0 aliphatic carbocycles. The van der Waals surface area contributed by atoms with Gasteiger partial charge in [0.25, 0.3) is 0 Å². The Kier molecular flexibility index (Phi) is 6.09. The van der Waals surface area contributed by atoms with Gasteiger partial charge in [0.15, 0.2) is 0 Å². The Morgan fingerprint density at radius 3 is 2.81 bits per heavy atom. The molecule has 0 bridgehead atoms. The lowest BCUT2D eigenvalue weighted by molar-refractivity contribution is -0.116. The van der Waals surface area contributed by atoms with Crippen LogP contribution >= 0.6 is 43.6 Å². The average Bonchev–Trinajstić information content (AvgIpc) is 2.42. The lowest BCUT2D eigenvalue weighted by Crippen LogP contribution is -2.40. The lowest BCUT2D eigenvalue weighted by Gasteiger charge is -2.22. The summed E-state index contributed by atoms with van der Waals surface area (Å²) in [6, 6.07) is 3.31. The van der Waals surface area contributed by atoms with Gasteiger partial charge in [-0.1, -0.05) is 15.9 Å². The third-order valence-corrected chi connectivity index (χ3v) is 5.19. The number of carboxylic acid groups (broad SMARTS) is 1. The van der Waals surface area contributed by atoms with Crippen molar-refractivity contribution >= 4 is 61.2 Å². The number of anilines is 1. The second-order valence-corrected chi connectivity index (χ2v) is 7.51. The van der Waals surface area contributed by atoms with Crippen LogP contribution in [-0.2, 0) is 4.79 Å². The number of hydrogen-bond acceptors (Lipinski definition) is 4. The quantitative estimate of drug-likeness (QED) is 0.674. The summed E-state index contributed by atoms with van der Waals surface area (Å²) < 4.78 is 1.17. The summed E-state index contributed by atoms with van der Waals surface area (Å²) in [7, 11) is 0. The Hall–Kier alpha value is -0.570. The van der Waals surface area contributed by atoms with Gasteiger partial charge in [-0.3, -0.25) is 4.79 Å². The fraction of sp³-hybridized carbons (Fsp3) is 0.385. The Morgan fingerprint density at radius 2 is 2.19 bits per heavy atom. The molecule has 0 spiro atoms. The van der Waals surface area contributed by atoms with Gasteiger partial charge in [0.2, 0.25) is 5.91 Å². The molecule has 1 fully saturated rings. The zero-order valence-electron chi connectivity index (χ0n) is 11.0. The molecule has 1 aliphatic heterocycles. The topological polar surface area (TPSA) is 78.4 Å². The number of aromatic carboxylic acids is 1. The van der Waals surface area contributed by atoms with Crippen LogP contribution in [0.5, 0.6) is 0 Å². The summed E-state index contributed by atoms with van der Waals surface area (Å²) in [6.45, 7) is 0.894. The monoisotopic (exact) mass is 436 g/mol. The van der Waals surface area contributed by atoms with Gasteiger partial charge in [0, 0.05) is 39.5 Å². The SMILES string of the molecule is O=C(CC1CSCCN1)Nc1c(Br)cc(Br)cc1C(=O)O. The number of amides is 1. The molecule has 8 heteroatoms. The molecule has 1 atom stereocenters. The van der Waals surface area contributed by atoms with E-state index in [0.29, 0.717) is 21.1 Å². The van der Waals surface area contributed by atoms with Crippen LogP contribution in [0.2, 0.25) is 0 Å². The number of thioether (sulfide) groups is 1. The number of nitrogens with one attached hydrogen (secondary N) is 2. The average molecular weight is 438 g/mol. The summed E-state index contributed by atoms with van der Waals surface area (Å²) in [5, 5.41) is 15.2. The van der Waals surface area contributed by atoms with Crippen molar-refractivity contribution in [2.45, 2.75) is 12.5 Å². The summed E-state index contributed by atoms with van der Waals surface area (Å²) in [5.41, 5.74) is 0.342. The van der Waals surface area contributed by atoms with E-state index < -0.39 is 5.97 Å². The Morgan fingerprint density at radius 1 is 1.43 bits per heavy atom. The number of hydrogen-bond donors (Lipinski definition) is 3. The van der Waals surface area contributed by atoms with E-state index in [9.17, 15) is 14.7 Å². The van der Waals surface area contributed by atoms with Crippen molar-refractivity contribution in [3.8, 4) is 0 Å². The molecule has 0 saturated carbocycles. The van der Waals surface area contributed by atoms with Crippen LogP contribution in [0.1, 0.15) is 16.8 Å². The minimum Gasteiger partial charge on any atom is -0.478 e. The molecule has 5 nitrogen and oxygen atoms in total. The molecule has 0 radical (unpaired) electrons. The second-order valence-electron chi connectivity index (χ2n) is 4.59. The first kappa shape index (κ1) is 16.8. The first-order valence-corrected chi connectivity index (χ1v) is 9.04. The number of carboxylic acids is 1. The van der Waals surface area contributed by atoms with Crippen molar-refractivity contribution < 1.29 is 14.7 Å². The van der Waals surface area contributed by atoms with Gasteiger partial charge in [0.1, 0.15) is 0 Å². The molecule has 1 heterocycles. The first-order valence-electron chi connectivity index (χ1n) is 6.30. The highest BCUT2D eigenvalue weighted by atomic mass is 79.9. The highest BCUT2D eigenvalue weighted by molar-refractivity contribution is 9.11. The van der Waals surface area contributed by atoms with Crippen molar-refractivity contribution in [3.05, 3.63) is 26.6 Å². The van der Waals surface area contributed by atoms with Gasteiger partial charge in [-0.2, -0.15) is 11.8 Å². The molecule has 1 saturated heterocycles. The van der Waals surface area contributed by atoms with E-state index in [4.69, 9.17) is 0 Å². The zero-order valence-corrected chi connectivity index (χ0v) is 15.0. The minimum atomic E-state index is -1.08. The standard InChI is InChI=1S/C13H14Br2N2O3S/c14-7-3-9(13(19)20)12(10(15)4-7)17-11(18)5-8-6-21-2-1-16-8/h3-4,8,16H,1-2,5-6H2,(H,17,18)(H,19,20). The number of rotatable bonds is 4. The highest BCUT2D eigenvalue weighted by Gasteiger charge is 2.20. The molecule has 1 amide bonds. The molecule has 3 N–H and O–H groups in total. The van der Waals surface area contributed by atoms with Crippen LogP contribution in [0, 0.1) is 0 Å². The van der Waals surface area contributed by atoms with Crippen LogP contribution < -0.4 is 10.6 Å². The maximum Gasteiger partial charge on any atom is 0.337 e. The van der Waals surface area contributed by atoms with E-state index in [-0.39, 0.29) is 17.5 Å². The van der Waals surface area contributed by atoms with Crippen molar-refractivity contribution in [3.63, 3.8) is 0 Å². The molecule has 1 aromatic rings. The highest BCUT2D eigenvalue weighted by Crippen LogP contribution is 2.31. The largest absolute Gasteiger partial charge is 0.478 e. The van der Waals surface area contributed by atoms with Gasteiger partial charge in [0.05, 0.1) is 11.3 Å². The van der Waals surface area contributed by atoms with Crippen molar-refractivity contribution in [2.24, 2.45) is 0 Å². The number of carbonyl (C=O) groups excluding carboxylic acids is 1. The Bertz CT molecular complexity index is 563. The normalized spacial score (nSPS) is 18.3. The Balaban J connectivity index is 2.11.